The first-order valence-corrected chi connectivity index (χ1v) is 4.84. The van der Waals surface area contributed by atoms with E-state index in [1.807, 2.05) is 19.1 Å². The zero-order valence-corrected chi connectivity index (χ0v) is 9.32. The summed E-state index contributed by atoms with van der Waals surface area (Å²) in [5, 5.41) is 9.12. The van der Waals surface area contributed by atoms with Crippen molar-refractivity contribution < 1.29 is 9.90 Å². The van der Waals surface area contributed by atoms with Crippen LogP contribution < -0.4 is 0 Å². The van der Waals surface area contributed by atoms with Crippen molar-refractivity contribution in [2.24, 2.45) is 0 Å². The molecule has 0 fully saturated rings. The highest BCUT2D eigenvalue weighted by atomic mass is 79.9. The summed E-state index contributed by atoms with van der Waals surface area (Å²) in [7, 11) is 0. The maximum Gasteiger partial charge on any atom is 0.307 e. The van der Waals surface area contributed by atoms with E-state index >= 15 is 0 Å². The number of halogens is 2. The first-order chi connectivity index (χ1) is 6.02. The lowest BCUT2D eigenvalue weighted by atomic mass is 10.1. The Bertz CT molecular complexity index is 350. The average molecular weight is 264 g/mol. The highest BCUT2D eigenvalue weighted by molar-refractivity contribution is 9.10. The van der Waals surface area contributed by atoms with E-state index in [0.717, 1.165) is 10.0 Å². The fourth-order valence-electron chi connectivity index (χ4n) is 1.06. The zero-order chi connectivity index (χ0) is 10.0. The summed E-state index contributed by atoms with van der Waals surface area (Å²) in [4.78, 5) is 10.5. The molecule has 1 aromatic carbocycles. The minimum absolute atomic E-state index is 0.0376. The first kappa shape index (κ1) is 10.5. The third-order valence-electron chi connectivity index (χ3n) is 1.76. The topological polar surface area (TPSA) is 37.3 Å². The second-order valence-corrected chi connectivity index (χ2v) is 3.96. The molecule has 4 heteroatoms. The van der Waals surface area contributed by atoms with Gasteiger partial charge in [-0.05, 0) is 40.0 Å². The summed E-state index contributed by atoms with van der Waals surface area (Å²) in [6, 6.07) is 3.65. The van der Waals surface area contributed by atoms with Crippen LogP contribution in [0, 0.1) is 6.92 Å². The number of carboxylic acids is 1. The summed E-state index contributed by atoms with van der Waals surface area (Å²) in [6.45, 7) is 1.84. The minimum atomic E-state index is -0.872. The van der Waals surface area contributed by atoms with Crippen LogP contribution in [0.1, 0.15) is 11.1 Å². The Labute approximate surface area is 89.7 Å². The molecule has 0 aliphatic carbocycles. The van der Waals surface area contributed by atoms with Crippen LogP contribution in [0.15, 0.2) is 16.6 Å². The van der Waals surface area contributed by atoms with Gasteiger partial charge in [0.25, 0.3) is 0 Å². The molecule has 2 nitrogen and oxygen atoms in total. The van der Waals surface area contributed by atoms with Gasteiger partial charge in [-0.2, -0.15) is 0 Å². The summed E-state index contributed by atoms with van der Waals surface area (Å²) in [6.07, 6.45) is -0.0376. The highest BCUT2D eigenvalue weighted by Crippen LogP contribution is 2.28. The van der Waals surface area contributed by atoms with Crippen LogP contribution in [-0.2, 0) is 11.2 Å². The molecule has 0 unspecified atom stereocenters. The SMILES string of the molecule is Cc1ccc(Br)c(Cl)c1CC(=O)O. The van der Waals surface area contributed by atoms with Crippen LogP contribution in [0.25, 0.3) is 0 Å². The summed E-state index contributed by atoms with van der Waals surface area (Å²) < 4.78 is 0.732. The second-order valence-electron chi connectivity index (χ2n) is 2.73. The molecule has 0 saturated heterocycles. The monoisotopic (exact) mass is 262 g/mol. The molecule has 0 spiro atoms. The molecular formula is C9H8BrClO2. The standard InChI is InChI=1S/C9H8BrClO2/c1-5-2-3-7(10)9(11)6(5)4-8(12)13/h2-3H,4H2,1H3,(H,12,13). The third-order valence-corrected chi connectivity index (χ3v) is 3.08. The van der Waals surface area contributed by atoms with E-state index in [0.29, 0.717) is 10.6 Å². The molecule has 0 atom stereocenters. The number of benzene rings is 1. The number of carboxylic acid groups (broad SMARTS) is 1. The van der Waals surface area contributed by atoms with Crippen molar-refractivity contribution in [1.29, 1.82) is 0 Å². The van der Waals surface area contributed by atoms with E-state index in [2.05, 4.69) is 15.9 Å². The van der Waals surface area contributed by atoms with Gasteiger partial charge in [0, 0.05) is 4.47 Å². The smallest absolute Gasteiger partial charge is 0.307 e. The molecule has 0 amide bonds. The van der Waals surface area contributed by atoms with Gasteiger partial charge >= 0.3 is 5.97 Å². The van der Waals surface area contributed by atoms with Gasteiger partial charge < -0.3 is 5.11 Å². The number of hydrogen-bond acceptors (Lipinski definition) is 1. The lowest BCUT2D eigenvalue weighted by Gasteiger charge is -2.06. The van der Waals surface area contributed by atoms with E-state index in [4.69, 9.17) is 16.7 Å². The fourth-order valence-corrected chi connectivity index (χ4v) is 1.71. The number of carbonyl (C=O) groups is 1. The fraction of sp³-hybridized carbons (Fsp3) is 0.222. The van der Waals surface area contributed by atoms with E-state index < -0.39 is 5.97 Å². The Hall–Kier alpha value is -0.540. The van der Waals surface area contributed by atoms with Crippen LogP contribution in [0.4, 0.5) is 0 Å². The summed E-state index contributed by atoms with van der Waals surface area (Å²) >= 11 is 9.18. The van der Waals surface area contributed by atoms with E-state index in [-0.39, 0.29) is 6.42 Å². The van der Waals surface area contributed by atoms with Gasteiger partial charge in [-0.1, -0.05) is 17.7 Å². The molecular weight excluding hydrogens is 255 g/mol. The van der Waals surface area contributed by atoms with Gasteiger partial charge in [0.2, 0.25) is 0 Å². The van der Waals surface area contributed by atoms with E-state index in [1.54, 1.807) is 0 Å². The van der Waals surface area contributed by atoms with Crippen LogP contribution in [0.3, 0.4) is 0 Å². The molecule has 13 heavy (non-hydrogen) atoms. The Morgan fingerprint density at radius 2 is 2.23 bits per heavy atom. The van der Waals surface area contributed by atoms with Crippen molar-refractivity contribution in [3.05, 3.63) is 32.8 Å². The lowest BCUT2D eigenvalue weighted by molar-refractivity contribution is -0.136. The quantitative estimate of drug-likeness (QED) is 0.890. The predicted octanol–water partition coefficient (Wildman–Crippen LogP) is 3.04. The Morgan fingerprint density at radius 3 is 2.77 bits per heavy atom. The largest absolute Gasteiger partial charge is 0.481 e. The molecule has 70 valence electrons. The lowest BCUT2D eigenvalue weighted by Crippen LogP contribution is -2.02. The Balaban J connectivity index is 3.17. The molecule has 1 N–H and O–H groups in total. The summed E-state index contributed by atoms with van der Waals surface area (Å²) in [5.41, 5.74) is 1.57. The van der Waals surface area contributed by atoms with Crippen molar-refractivity contribution in [2.75, 3.05) is 0 Å². The van der Waals surface area contributed by atoms with Crippen molar-refractivity contribution >= 4 is 33.5 Å². The molecule has 0 saturated carbocycles. The number of aliphatic carboxylic acids is 1. The molecule has 0 bridgehead atoms. The molecule has 0 aromatic heterocycles. The molecule has 1 rings (SSSR count). The van der Waals surface area contributed by atoms with Gasteiger partial charge in [0.05, 0.1) is 11.4 Å². The van der Waals surface area contributed by atoms with Gasteiger partial charge in [0.1, 0.15) is 0 Å². The van der Waals surface area contributed by atoms with Crippen molar-refractivity contribution in [2.45, 2.75) is 13.3 Å². The number of aryl methyl sites for hydroxylation is 1. The van der Waals surface area contributed by atoms with Crippen LogP contribution in [-0.4, -0.2) is 11.1 Å². The maximum absolute atomic E-state index is 10.5. The summed E-state index contributed by atoms with van der Waals surface area (Å²) in [5.74, 6) is -0.872. The zero-order valence-electron chi connectivity index (χ0n) is 6.97. The Morgan fingerprint density at radius 1 is 1.62 bits per heavy atom. The van der Waals surface area contributed by atoms with Crippen molar-refractivity contribution in [1.82, 2.24) is 0 Å². The third kappa shape index (κ3) is 2.45. The normalized spacial score (nSPS) is 10.1. The van der Waals surface area contributed by atoms with Gasteiger partial charge in [0.15, 0.2) is 0 Å². The second kappa shape index (κ2) is 4.11. The van der Waals surface area contributed by atoms with Crippen LogP contribution in [0.2, 0.25) is 5.02 Å². The van der Waals surface area contributed by atoms with Crippen molar-refractivity contribution in [3.63, 3.8) is 0 Å². The molecule has 1 aromatic rings. The molecule has 0 heterocycles. The minimum Gasteiger partial charge on any atom is -0.481 e. The average Bonchev–Trinajstić information content (AvgIpc) is 2.05. The van der Waals surface area contributed by atoms with Crippen LogP contribution >= 0.6 is 27.5 Å². The predicted molar refractivity (Wildman–Crippen MR) is 55.2 cm³/mol. The highest BCUT2D eigenvalue weighted by Gasteiger charge is 2.10. The van der Waals surface area contributed by atoms with Crippen molar-refractivity contribution in [3.8, 4) is 0 Å². The van der Waals surface area contributed by atoms with E-state index in [1.165, 1.54) is 0 Å². The van der Waals surface area contributed by atoms with Gasteiger partial charge in [-0.25, -0.2) is 0 Å². The number of rotatable bonds is 2. The first-order valence-electron chi connectivity index (χ1n) is 3.67. The van der Waals surface area contributed by atoms with Crippen LogP contribution in [0.5, 0.6) is 0 Å². The van der Waals surface area contributed by atoms with Gasteiger partial charge in [-0.3, -0.25) is 4.79 Å². The van der Waals surface area contributed by atoms with Gasteiger partial charge in [-0.15, -0.1) is 0 Å². The molecule has 0 aliphatic heterocycles. The van der Waals surface area contributed by atoms with E-state index in [9.17, 15) is 4.79 Å². The Kier molecular flexibility index (Phi) is 3.33. The molecule has 0 radical (unpaired) electrons. The number of hydrogen-bond donors (Lipinski definition) is 1. The maximum atomic E-state index is 10.5. The molecule has 0 aliphatic rings.